The maximum Gasteiger partial charge on any atom is 0.253 e. The molecule has 4 rings (SSSR count). The molecular formula is C18H14BrFN6O. The van der Waals surface area contributed by atoms with Gasteiger partial charge in [-0.15, -0.1) is 5.10 Å². The molecule has 0 unspecified atom stereocenters. The number of fused-ring (bicyclic) bond motifs is 1. The van der Waals surface area contributed by atoms with Crippen molar-refractivity contribution in [3.63, 3.8) is 0 Å². The first-order valence-corrected chi connectivity index (χ1v) is 8.98. The summed E-state index contributed by atoms with van der Waals surface area (Å²) in [5.41, 5.74) is 2.84. The minimum Gasteiger partial charge on any atom is -0.361 e. The number of nitrogens with zero attached hydrogens (tertiary/aromatic N) is 4. The van der Waals surface area contributed by atoms with Crippen LogP contribution in [0.1, 0.15) is 15.9 Å². The van der Waals surface area contributed by atoms with Crippen LogP contribution in [-0.2, 0) is 6.42 Å². The number of halogens is 2. The molecule has 7 nitrogen and oxygen atoms in total. The molecule has 0 aliphatic carbocycles. The van der Waals surface area contributed by atoms with Crippen LogP contribution < -0.4 is 5.32 Å². The largest absolute Gasteiger partial charge is 0.361 e. The van der Waals surface area contributed by atoms with E-state index in [1.807, 2.05) is 12.3 Å². The number of aromatic amines is 1. The summed E-state index contributed by atoms with van der Waals surface area (Å²) < 4.78 is 15.7. The van der Waals surface area contributed by atoms with Gasteiger partial charge in [0.1, 0.15) is 12.1 Å². The number of tetrazole rings is 1. The van der Waals surface area contributed by atoms with Gasteiger partial charge in [0, 0.05) is 28.1 Å². The Morgan fingerprint density at radius 3 is 2.96 bits per heavy atom. The maximum atomic E-state index is 13.5. The number of nitrogens with one attached hydrogen (secondary N) is 2. The van der Waals surface area contributed by atoms with E-state index in [1.165, 1.54) is 23.1 Å². The fourth-order valence-corrected chi connectivity index (χ4v) is 3.29. The molecule has 0 fully saturated rings. The lowest BCUT2D eigenvalue weighted by atomic mass is 10.1. The third-order valence-corrected chi connectivity index (χ3v) is 4.70. The first-order chi connectivity index (χ1) is 13.1. The molecule has 0 spiro atoms. The number of carbonyl (C=O) groups excluding carboxylic acids is 1. The van der Waals surface area contributed by atoms with E-state index < -0.39 is 0 Å². The van der Waals surface area contributed by atoms with Gasteiger partial charge in [-0.25, -0.2) is 4.39 Å². The van der Waals surface area contributed by atoms with Crippen LogP contribution in [0.3, 0.4) is 0 Å². The summed E-state index contributed by atoms with van der Waals surface area (Å²) in [7, 11) is 0. The first-order valence-electron chi connectivity index (χ1n) is 8.18. The molecule has 0 bridgehead atoms. The Morgan fingerprint density at radius 1 is 1.26 bits per heavy atom. The number of hydrogen-bond donors (Lipinski definition) is 2. The minimum atomic E-state index is -0.285. The van der Waals surface area contributed by atoms with E-state index in [0.717, 1.165) is 20.9 Å². The predicted molar refractivity (Wildman–Crippen MR) is 101 cm³/mol. The number of benzene rings is 2. The Labute approximate surface area is 161 Å². The average molecular weight is 429 g/mol. The highest BCUT2D eigenvalue weighted by atomic mass is 79.9. The second kappa shape index (κ2) is 7.28. The monoisotopic (exact) mass is 428 g/mol. The van der Waals surface area contributed by atoms with Gasteiger partial charge in [0.2, 0.25) is 0 Å². The zero-order chi connectivity index (χ0) is 18.8. The number of carbonyl (C=O) groups is 1. The Morgan fingerprint density at radius 2 is 2.15 bits per heavy atom. The molecule has 0 saturated carbocycles. The van der Waals surface area contributed by atoms with E-state index in [-0.39, 0.29) is 11.7 Å². The highest BCUT2D eigenvalue weighted by Crippen LogP contribution is 2.21. The Hall–Kier alpha value is -3.07. The second-order valence-electron chi connectivity index (χ2n) is 5.93. The van der Waals surface area contributed by atoms with Gasteiger partial charge in [-0.3, -0.25) is 4.79 Å². The lowest BCUT2D eigenvalue weighted by Crippen LogP contribution is -2.27. The summed E-state index contributed by atoms with van der Waals surface area (Å²) in [6, 6.07) is 9.90. The standard InChI is InChI=1S/C18H14BrFN6O/c19-12-1-4-17(26-10-23-24-25-26)15(7-12)18(27)21-6-5-11-9-22-16-3-2-13(20)8-14(11)16/h1-4,7-10,22H,5-6H2,(H,21,27). The molecule has 136 valence electrons. The molecule has 0 aliphatic heterocycles. The van der Waals surface area contributed by atoms with Crippen LogP contribution in [0, 0.1) is 5.82 Å². The van der Waals surface area contributed by atoms with Crippen LogP contribution in [-0.4, -0.2) is 37.6 Å². The van der Waals surface area contributed by atoms with Crippen molar-refractivity contribution < 1.29 is 9.18 Å². The van der Waals surface area contributed by atoms with Crippen LogP contribution in [0.2, 0.25) is 0 Å². The topological polar surface area (TPSA) is 88.5 Å². The molecule has 0 atom stereocenters. The number of amides is 1. The van der Waals surface area contributed by atoms with Crippen LogP contribution in [0.15, 0.2) is 53.4 Å². The highest BCUT2D eigenvalue weighted by Gasteiger charge is 2.14. The quantitative estimate of drug-likeness (QED) is 0.511. The smallest absolute Gasteiger partial charge is 0.253 e. The lowest BCUT2D eigenvalue weighted by molar-refractivity contribution is 0.0954. The van der Waals surface area contributed by atoms with Gasteiger partial charge < -0.3 is 10.3 Å². The maximum absolute atomic E-state index is 13.5. The third kappa shape index (κ3) is 3.59. The van der Waals surface area contributed by atoms with Crippen molar-refractivity contribution in [3.05, 3.63) is 70.3 Å². The van der Waals surface area contributed by atoms with Gasteiger partial charge in [0.15, 0.2) is 0 Å². The zero-order valence-electron chi connectivity index (χ0n) is 14.0. The number of rotatable bonds is 5. The lowest BCUT2D eigenvalue weighted by Gasteiger charge is -2.10. The fourth-order valence-electron chi connectivity index (χ4n) is 2.92. The first kappa shape index (κ1) is 17.3. The molecule has 4 aromatic rings. The fraction of sp³-hybridized carbons (Fsp3) is 0.111. The highest BCUT2D eigenvalue weighted by molar-refractivity contribution is 9.10. The van der Waals surface area contributed by atoms with Crippen LogP contribution in [0.25, 0.3) is 16.6 Å². The molecule has 1 amide bonds. The second-order valence-corrected chi connectivity index (χ2v) is 6.84. The van der Waals surface area contributed by atoms with E-state index in [9.17, 15) is 9.18 Å². The minimum absolute atomic E-state index is 0.243. The molecule has 2 N–H and O–H groups in total. The van der Waals surface area contributed by atoms with Crippen molar-refractivity contribution >= 4 is 32.7 Å². The van der Waals surface area contributed by atoms with Gasteiger partial charge in [0.25, 0.3) is 5.91 Å². The van der Waals surface area contributed by atoms with E-state index in [4.69, 9.17) is 0 Å². The third-order valence-electron chi connectivity index (χ3n) is 4.21. The number of aromatic nitrogens is 5. The van der Waals surface area contributed by atoms with Gasteiger partial charge in [0.05, 0.1) is 11.3 Å². The summed E-state index contributed by atoms with van der Waals surface area (Å²) in [6.45, 7) is 0.407. The molecule has 2 aromatic carbocycles. The van der Waals surface area contributed by atoms with E-state index in [2.05, 4.69) is 41.8 Å². The number of H-pyrrole nitrogens is 1. The van der Waals surface area contributed by atoms with Gasteiger partial charge in [-0.2, -0.15) is 4.68 Å². The van der Waals surface area contributed by atoms with Crippen molar-refractivity contribution in [2.45, 2.75) is 6.42 Å². The summed E-state index contributed by atoms with van der Waals surface area (Å²) in [4.78, 5) is 15.8. The molecule has 0 saturated heterocycles. The van der Waals surface area contributed by atoms with Gasteiger partial charge in [-0.1, -0.05) is 15.9 Å². The Kier molecular flexibility index (Phi) is 4.68. The van der Waals surface area contributed by atoms with Gasteiger partial charge >= 0.3 is 0 Å². The van der Waals surface area contributed by atoms with Crippen molar-refractivity contribution in [3.8, 4) is 5.69 Å². The SMILES string of the molecule is O=C(NCCc1c[nH]c2ccc(F)cc12)c1cc(Br)ccc1-n1cnnn1. The zero-order valence-corrected chi connectivity index (χ0v) is 15.6. The van der Waals surface area contributed by atoms with E-state index >= 15 is 0 Å². The van der Waals surface area contributed by atoms with Crippen molar-refractivity contribution in [2.24, 2.45) is 0 Å². The molecule has 2 aromatic heterocycles. The Bertz CT molecular complexity index is 1110. The summed E-state index contributed by atoms with van der Waals surface area (Å²) in [5.74, 6) is -0.527. The molecule has 2 heterocycles. The average Bonchev–Trinajstić information content (AvgIpc) is 3.32. The van der Waals surface area contributed by atoms with Gasteiger partial charge in [-0.05, 0) is 58.8 Å². The molecular weight excluding hydrogens is 415 g/mol. The number of hydrogen-bond acceptors (Lipinski definition) is 4. The Balaban J connectivity index is 1.50. The molecule has 9 heteroatoms. The summed E-state index contributed by atoms with van der Waals surface area (Å²) in [5, 5.41) is 14.8. The molecule has 0 radical (unpaired) electrons. The predicted octanol–water partition coefficient (Wildman–Crippen LogP) is 3.02. The van der Waals surface area contributed by atoms with E-state index in [0.29, 0.717) is 24.2 Å². The van der Waals surface area contributed by atoms with E-state index in [1.54, 1.807) is 18.2 Å². The van der Waals surface area contributed by atoms with Crippen molar-refractivity contribution in [2.75, 3.05) is 6.54 Å². The van der Waals surface area contributed by atoms with Crippen molar-refractivity contribution in [1.29, 1.82) is 0 Å². The summed E-state index contributed by atoms with van der Waals surface area (Å²) in [6.07, 6.45) is 3.84. The molecule has 27 heavy (non-hydrogen) atoms. The summed E-state index contributed by atoms with van der Waals surface area (Å²) >= 11 is 3.38. The normalized spacial score (nSPS) is 11.0. The molecule has 0 aliphatic rings. The van der Waals surface area contributed by atoms with Crippen LogP contribution in [0.5, 0.6) is 0 Å². The van der Waals surface area contributed by atoms with Crippen molar-refractivity contribution in [1.82, 2.24) is 30.5 Å². The van der Waals surface area contributed by atoms with Crippen LogP contribution in [0.4, 0.5) is 4.39 Å². The van der Waals surface area contributed by atoms with Crippen LogP contribution >= 0.6 is 15.9 Å².